The van der Waals surface area contributed by atoms with Crippen molar-refractivity contribution in [2.45, 2.75) is 5.41 Å². The minimum absolute atomic E-state index is 0.228. The van der Waals surface area contributed by atoms with Gasteiger partial charge >= 0.3 is 0 Å². The van der Waals surface area contributed by atoms with Gasteiger partial charge in [0.25, 0.3) is 5.91 Å². The Labute approximate surface area is 172 Å². The molecule has 0 spiro atoms. The quantitative estimate of drug-likeness (QED) is 0.566. The largest absolute Gasteiger partial charge is 0.397 e. The van der Waals surface area contributed by atoms with Crippen LogP contribution in [-0.2, 0) is 14.9 Å². The van der Waals surface area contributed by atoms with E-state index in [9.17, 15) is 14.0 Å². The van der Waals surface area contributed by atoms with Crippen molar-refractivity contribution in [3.05, 3.63) is 89.7 Å². The maximum absolute atomic E-state index is 13.1. The van der Waals surface area contributed by atoms with E-state index < -0.39 is 5.41 Å². The van der Waals surface area contributed by atoms with Gasteiger partial charge in [-0.25, -0.2) is 4.39 Å². The summed E-state index contributed by atoms with van der Waals surface area (Å²) in [7, 11) is 0. The van der Waals surface area contributed by atoms with Crippen molar-refractivity contribution in [3.8, 4) is 0 Å². The molecule has 1 heterocycles. The number of para-hydroxylation sites is 2. The van der Waals surface area contributed by atoms with Crippen LogP contribution in [0.1, 0.15) is 15.9 Å². The topological polar surface area (TPSA) is 93.5 Å². The van der Waals surface area contributed by atoms with Gasteiger partial charge in [-0.15, -0.1) is 0 Å². The zero-order chi connectivity index (χ0) is 21.1. The van der Waals surface area contributed by atoms with Crippen LogP contribution in [0.2, 0.25) is 0 Å². The summed E-state index contributed by atoms with van der Waals surface area (Å²) in [6.45, 7) is 0.457. The van der Waals surface area contributed by atoms with E-state index in [1.54, 1.807) is 48.5 Å². The van der Waals surface area contributed by atoms with Gasteiger partial charge in [0.15, 0.2) is 0 Å². The van der Waals surface area contributed by atoms with Gasteiger partial charge in [-0.3, -0.25) is 9.59 Å². The second-order valence-corrected chi connectivity index (χ2v) is 7.15. The van der Waals surface area contributed by atoms with Crippen molar-refractivity contribution in [1.82, 2.24) is 0 Å². The third kappa shape index (κ3) is 3.75. The highest BCUT2D eigenvalue weighted by Crippen LogP contribution is 2.34. The fourth-order valence-electron chi connectivity index (χ4n) is 3.26. The van der Waals surface area contributed by atoms with E-state index in [1.807, 2.05) is 0 Å². The summed E-state index contributed by atoms with van der Waals surface area (Å²) in [6, 6.07) is 19.4. The number of nitrogen functional groups attached to an aromatic ring is 1. The van der Waals surface area contributed by atoms with Gasteiger partial charge in [0.1, 0.15) is 11.2 Å². The molecule has 1 aliphatic rings. The highest BCUT2D eigenvalue weighted by Gasteiger charge is 2.47. The van der Waals surface area contributed by atoms with Gasteiger partial charge in [0.05, 0.1) is 24.6 Å². The number of anilines is 3. The molecule has 1 saturated heterocycles. The van der Waals surface area contributed by atoms with Crippen molar-refractivity contribution >= 4 is 28.9 Å². The number of hydrogen-bond donors (Lipinski definition) is 3. The summed E-state index contributed by atoms with van der Waals surface area (Å²) in [5.74, 6) is -0.912. The van der Waals surface area contributed by atoms with E-state index in [1.165, 1.54) is 24.3 Å². The lowest BCUT2D eigenvalue weighted by atomic mass is 9.77. The Morgan fingerprint density at radius 3 is 2.17 bits per heavy atom. The summed E-state index contributed by atoms with van der Waals surface area (Å²) in [5, 5.41) is 5.58. The molecule has 0 radical (unpaired) electrons. The van der Waals surface area contributed by atoms with Crippen molar-refractivity contribution in [2.75, 3.05) is 29.6 Å². The van der Waals surface area contributed by atoms with Crippen molar-refractivity contribution in [1.29, 1.82) is 0 Å². The number of rotatable bonds is 5. The maximum Gasteiger partial charge on any atom is 0.255 e. The van der Waals surface area contributed by atoms with E-state index in [4.69, 9.17) is 10.5 Å². The minimum atomic E-state index is -0.854. The Morgan fingerprint density at radius 2 is 1.57 bits per heavy atom. The first kappa shape index (κ1) is 19.6. The van der Waals surface area contributed by atoms with Gasteiger partial charge < -0.3 is 21.1 Å². The highest BCUT2D eigenvalue weighted by molar-refractivity contribution is 6.06. The molecule has 0 aliphatic carbocycles. The number of nitrogens with one attached hydrogen (secondary N) is 2. The molecule has 0 unspecified atom stereocenters. The third-order valence-corrected chi connectivity index (χ3v) is 5.14. The smallest absolute Gasteiger partial charge is 0.255 e. The molecular formula is C23H20FN3O3. The first-order valence-electron chi connectivity index (χ1n) is 9.39. The number of nitrogens with two attached hydrogens (primary N) is 1. The summed E-state index contributed by atoms with van der Waals surface area (Å²) in [5.41, 5.74) is 7.71. The van der Waals surface area contributed by atoms with Crippen LogP contribution in [0.15, 0.2) is 72.8 Å². The molecular weight excluding hydrogens is 385 g/mol. The monoisotopic (exact) mass is 405 g/mol. The fraction of sp³-hybridized carbons (Fsp3) is 0.130. The van der Waals surface area contributed by atoms with Crippen LogP contribution in [0.25, 0.3) is 0 Å². The summed E-state index contributed by atoms with van der Waals surface area (Å²) in [6.07, 6.45) is 0. The average molecular weight is 405 g/mol. The van der Waals surface area contributed by atoms with Crippen LogP contribution in [0, 0.1) is 5.82 Å². The lowest BCUT2D eigenvalue weighted by Gasteiger charge is -2.40. The van der Waals surface area contributed by atoms with Gasteiger partial charge in [0, 0.05) is 11.3 Å². The van der Waals surface area contributed by atoms with Gasteiger partial charge in [-0.05, 0) is 54.1 Å². The molecule has 0 saturated carbocycles. The van der Waals surface area contributed by atoms with Crippen LogP contribution in [0.5, 0.6) is 0 Å². The molecule has 0 bridgehead atoms. The van der Waals surface area contributed by atoms with E-state index >= 15 is 0 Å². The number of ether oxygens (including phenoxy) is 1. The number of carbonyl (C=O) groups is 2. The lowest BCUT2D eigenvalue weighted by Crippen LogP contribution is -2.55. The van der Waals surface area contributed by atoms with Crippen molar-refractivity contribution in [2.24, 2.45) is 0 Å². The normalized spacial score (nSPS) is 14.4. The van der Waals surface area contributed by atoms with Crippen LogP contribution in [0.4, 0.5) is 21.5 Å². The SMILES string of the molecule is Nc1ccccc1NC(=O)c1ccc(C2(C(=O)Nc3ccc(F)cc3)COC2)cc1. The Morgan fingerprint density at radius 1 is 0.900 bits per heavy atom. The number of amides is 2. The third-order valence-electron chi connectivity index (χ3n) is 5.14. The van der Waals surface area contributed by atoms with E-state index in [2.05, 4.69) is 10.6 Å². The summed E-state index contributed by atoms with van der Waals surface area (Å²) in [4.78, 5) is 25.4. The molecule has 3 aromatic carbocycles. The number of benzene rings is 3. The second-order valence-electron chi connectivity index (χ2n) is 7.15. The molecule has 4 N–H and O–H groups in total. The van der Waals surface area contributed by atoms with E-state index in [0.717, 1.165) is 5.56 Å². The van der Waals surface area contributed by atoms with Crippen LogP contribution in [-0.4, -0.2) is 25.0 Å². The average Bonchev–Trinajstić information content (AvgIpc) is 2.71. The first-order valence-corrected chi connectivity index (χ1v) is 9.39. The van der Waals surface area contributed by atoms with Gasteiger partial charge in [-0.1, -0.05) is 24.3 Å². The molecule has 1 aliphatic heterocycles. The number of carbonyl (C=O) groups excluding carboxylic acids is 2. The summed E-state index contributed by atoms with van der Waals surface area (Å²) >= 11 is 0. The molecule has 3 aromatic rings. The predicted molar refractivity (Wildman–Crippen MR) is 113 cm³/mol. The van der Waals surface area contributed by atoms with Crippen LogP contribution >= 0.6 is 0 Å². The lowest BCUT2D eigenvalue weighted by molar-refractivity contribution is -0.139. The molecule has 30 heavy (non-hydrogen) atoms. The fourth-order valence-corrected chi connectivity index (χ4v) is 3.26. The molecule has 152 valence electrons. The maximum atomic E-state index is 13.1. The molecule has 6 nitrogen and oxygen atoms in total. The standard InChI is InChI=1S/C23H20FN3O3/c24-17-9-11-18(12-10-17)26-22(29)23(13-30-14-23)16-7-5-15(6-8-16)21(28)27-20-4-2-1-3-19(20)25/h1-12H,13-14,25H2,(H,26,29)(H,27,28). The Kier molecular flexibility index (Phi) is 5.20. The second kappa shape index (κ2) is 7.96. The number of hydrogen-bond acceptors (Lipinski definition) is 4. The van der Waals surface area contributed by atoms with Gasteiger partial charge in [0.2, 0.25) is 5.91 Å². The summed E-state index contributed by atoms with van der Waals surface area (Å²) < 4.78 is 18.4. The van der Waals surface area contributed by atoms with Crippen molar-refractivity contribution in [3.63, 3.8) is 0 Å². The molecule has 2 amide bonds. The molecule has 1 fully saturated rings. The van der Waals surface area contributed by atoms with Crippen molar-refractivity contribution < 1.29 is 18.7 Å². The molecule has 4 rings (SSSR count). The molecule has 0 aromatic heterocycles. The van der Waals surface area contributed by atoms with Crippen LogP contribution in [0.3, 0.4) is 0 Å². The zero-order valence-corrected chi connectivity index (χ0v) is 16.0. The zero-order valence-electron chi connectivity index (χ0n) is 16.0. The Hall–Kier alpha value is -3.71. The highest BCUT2D eigenvalue weighted by atomic mass is 19.1. The molecule has 7 heteroatoms. The van der Waals surface area contributed by atoms with E-state index in [0.29, 0.717) is 22.6 Å². The Balaban J connectivity index is 1.50. The van der Waals surface area contributed by atoms with Gasteiger partial charge in [-0.2, -0.15) is 0 Å². The minimum Gasteiger partial charge on any atom is -0.397 e. The predicted octanol–water partition coefficient (Wildman–Crippen LogP) is 3.57. The Bertz CT molecular complexity index is 1080. The molecule has 0 atom stereocenters. The first-order chi connectivity index (χ1) is 14.5. The van der Waals surface area contributed by atoms with E-state index in [-0.39, 0.29) is 30.8 Å². The van der Waals surface area contributed by atoms with Crippen LogP contribution < -0.4 is 16.4 Å². The number of halogens is 1.